The first-order valence-corrected chi connectivity index (χ1v) is 7.64. The second-order valence-electron chi connectivity index (χ2n) is 5.68. The summed E-state index contributed by atoms with van der Waals surface area (Å²) in [6.07, 6.45) is -1.92. The molecule has 3 rings (SSSR count). The number of rotatable bonds is 4. The van der Waals surface area contributed by atoms with Crippen LogP contribution in [0.3, 0.4) is 0 Å². The van der Waals surface area contributed by atoms with Gasteiger partial charge in [-0.05, 0) is 23.8 Å². The van der Waals surface area contributed by atoms with Crippen molar-refractivity contribution in [2.24, 2.45) is 7.05 Å². The van der Waals surface area contributed by atoms with Crippen molar-refractivity contribution in [1.82, 2.24) is 9.78 Å². The first kappa shape index (κ1) is 18.6. The molecule has 0 fully saturated rings. The molecule has 3 aromatic rings. The molecule has 2 aromatic carbocycles. The number of hydrogen-bond donors (Lipinski definition) is 1. The molecule has 0 saturated heterocycles. The Hall–Kier alpha value is -3.23. The van der Waals surface area contributed by atoms with Gasteiger partial charge in [-0.1, -0.05) is 12.1 Å². The van der Waals surface area contributed by atoms with Crippen LogP contribution in [0.2, 0.25) is 0 Å². The van der Waals surface area contributed by atoms with Crippen molar-refractivity contribution < 1.29 is 26.7 Å². The van der Waals surface area contributed by atoms with E-state index in [1.165, 1.54) is 19.2 Å². The van der Waals surface area contributed by atoms with E-state index in [0.717, 1.165) is 29.1 Å². The van der Waals surface area contributed by atoms with E-state index in [2.05, 4.69) is 10.4 Å². The lowest BCUT2D eigenvalue weighted by Crippen LogP contribution is -2.14. The second-order valence-corrected chi connectivity index (χ2v) is 5.68. The highest BCUT2D eigenvalue weighted by atomic mass is 19.3. The fourth-order valence-electron chi connectivity index (χ4n) is 2.58. The van der Waals surface area contributed by atoms with Crippen molar-refractivity contribution in [3.8, 4) is 11.1 Å². The standard InChI is InChI=1S/C18H12F5N3O/c1-26-8-12(16(25-26)17(22)23)18(27)24-15-7-14(21)13(20)6-11(15)9-3-2-4-10(19)5-9/h2-8,17H,1H3,(H,24,27). The van der Waals surface area contributed by atoms with E-state index in [-0.39, 0.29) is 16.8 Å². The molecule has 9 heteroatoms. The molecule has 0 aliphatic carbocycles. The van der Waals surface area contributed by atoms with Gasteiger partial charge in [0.2, 0.25) is 0 Å². The van der Waals surface area contributed by atoms with Crippen LogP contribution in [-0.2, 0) is 7.05 Å². The van der Waals surface area contributed by atoms with Crippen LogP contribution < -0.4 is 5.32 Å². The van der Waals surface area contributed by atoms with Gasteiger partial charge in [0.15, 0.2) is 11.6 Å². The van der Waals surface area contributed by atoms with Crippen molar-refractivity contribution >= 4 is 11.6 Å². The molecule has 0 aliphatic heterocycles. The molecule has 0 spiro atoms. The number of carbonyl (C=O) groups excluding carboxylic acids is 1. The Bertz CT molecular complexity index is 1020. The van der Waals surface area contributed by atoms with E-state index in [1.54, 1.807) is 0 Å². The molecule has 0 unspecified atom stereocenters. The maximum Gasteiger partial charge on any atom is 0.282 e. The summed E-state index contributed by atoms with van der Waals surface area (Å²) in [6.45, 7) is 0. The van der Waals surface area contributed by atoms with Gasteiger partial charge < -0.3 is 5.32 Å². The number of amides is 1. The maximum atomic E-state index is 13.7. The van der Waals surface area contributed by atoms with E-state index in [4.69, 9.17) is 0 Å². The molecule has 27 heavy (non-hydrogen) atoms. The van der Waals surface area contributed by atoms with Crippen molar-refractivity contribution in [3.05, 3.63) is 71.3 Å². The Balaban J connectivity index is 2.04. The number of carbonyl (C=O) groups is 1. The summed E-state index contributed by atoms with van der Waals surface area (Å²) in [5.74, 6) is -4.07. The molecular weight excluding hydrogens is 369 g/mol. The topological polar surface area (TPSA) is 46.9 Å². The van der Waals surface area contributed by atoms with E-state index in [9.17, 15) is 26.7 Å². The van der Waals surface area contributed by atoms with Gasteiger partial charge in [0.1, 0.15) is 11.5 Å². The molecule has 0 saturated carbocycles. The quantitative estimate of drug-likeness (QED) is 0.667. The zero-order valence-corrected chi connectivity index (χ0v) is 13.8. The second kappa shape index (κ2) is 7.18. The van der Waals surface area contributed by atoms with E-state index < -0.39 is 41.0 Å². The molecule has 1 aromatic heterocycles. The Morgan fingerprint density at radius 1 is 1.11 bits per heavy atom. The molecule has 0 radical (unpaired) electrons. The predicted molar refractivity (Wildman–Crippen MR) is 87.9 cm³/mol. The lowest BCUT2D eigenvalue weighted by Gasteiger charge is -2.12. The Morgan fingerprint density at radius 3 is 2.48 bits per heavy atom. The van der Waals surface area contributed by atoms with Gasteiger partial charge >= 0.3 is 0 Å². The first-order chi connectivity index (χ1) is 12.8. The number of hydrogen-bond acceptors (Lipinski definition) is 2. The third kappa shape index (κ3) is 3.81. The maximum absolute atomic E-state index is 13.7. The smallest absolute Gasteiger partial charge is 0.282 e. The van der Waals surface area contributed by atoms with Gasteiger partial charge in [-0.15, -0.1) is 0 Å². The minimum atomic E-state index is -3.00. The van der Waals surface area contributed by atoms with Gasteiger partial charge in [0.05, 0.1) is 11.3 Å². The molecule has 0 aliphatic rings. The van der Waals surface area contributed by atoms with Gasteiger partial charge in [-0.25, -0.2) is 22.0 Å². The molecule has 0 bridgehead atoms. The molecule has 1 N–H and O–H groups in total. The molecule has 1 heterocycles. The Labute approximate surface area is 150 Å². The highest BCUT2D eigenvalue weighted by molar-refractivity contribution is 6.07. The van der Waals surface area contributed by atoms with Crippen molar-refractivity contribution in [1.29, 1.82) is 0 Å². The van der Waals surface area contributed by atoms with Gasteiger partial charge in [-0.3, -0.25) is 9.48 Å². The SMILES string of the molecule is Cn1cc(C(=O)Nc2cc(F)c(F)cc2-c2cccc(F)c2)c(C(F)F)n1. The summed E-state index contributed by atoms with van der Waals surface area (Å²) < 4.78 is 68.0. The fraction of sp³-hybridized carbons (Fsp3) is 0.111. The van der Waals surface area contributed by atoms with Crippen LogP contribution in [0.15, 0.2) is 42.6 Å². The summed E-state index contributed by atoms with van der Waals surface area (Å²) >= 11 is 0. The predicted octanol–water partition coefficient (Wildman–Crippen LogP) is 4.69. The van der Waals surface area contributed by atoms with Crippen LogP contribution in [0, 0.1) is 17.5 Å². The number of benzene rings is 2. The number of aryl methyl sites for hydroxylation is 1. The number of anilines is 1. The van der Waals surface area contributed by atoms with Crippen LogP contribution in [0.1, 0.15) is 22.5 Å². The number of halogens is 5. The molecule has 4 nitrogen and oxygen atoms in total. The van der Waals surface area contributed by atoms with E-state index >= 15 is 0 Å². The summed E-state index contributed by atoms with van der Waals surface area (Å²) in [5.41, 5.74) is -1.20. The molecule has 1 amide bonds. The molecule has 140 valence electrons. The first-order valence-electron chi connectivity index (χ1n) is 7.64. The number of alkyl halides is 2. The summed E-state index contributed by atoms with van der Waals surface area (Å²) in [4.78, 5) is 12.4. The van der Waals surface area contributed by atoms with Crippen LogP contribution in [0.25, 0.3) is 11.1 Å². The van der Waals surface area contributed by atoms with Crippen molar-refractivity contribution in [2.75, 3.05) is 5.32 Å². The zero-order valence-electron chi connectivity index (χ0n) is 13.8. The van der Waals surface area contributed by atoms with Gasteiger partial charge in [-0.2, -0.15) is 5.10 Å². The average Bonchev–Trinajstić information content (AvgIpc) is 3.00. The van der Waals surface area contributed by atoms with Crippen molar-refractivity contribution in [3.63, 3.8) is 0 Å². The summed E-state index contributed by atoms with van der Waals surface area (Å²) in [5, 5.41) is 5.79. The minimum absolute atomic E-state index is 0.00997. The number of aromatic nitrogens is 2. The number of nitrogens with one attached hydrogen (secondary N) is 1. The highest BCUT2D eigenvalue weighted by Crippen LogP contribution is 2.32. The minimum Gasteiger partial charge on any atom is -0.321 e. The summed E-state index contributed by atoms with van der Waals surface area (Å²) in [6, 6.07) is 6.50. The molecule has 0 atom stereocenters. The number of nitrogens with zero attached hydrogens (tertiary/aromatic N) is 2. The normalized spacial score (nSPS) is 11.1. The third-order valence-electron chi connectivity index (χ3n) is 3.75. The van der Waals surface area contributed by atoms with E-state index in [0.29, 0.717) is 6.07 Å². The van der Waals surface area contributed by atoms with Crippen LogP contribution in [0.5, 0.6) is 0 Å². The fourth-order valence-corrected chi connectivity index (χ4v) is 2.58. The monoisotopic (exact) mass is 381 g/mol. The summed E-state index contributed by atoms with van der Waals surface area (Å²) in [7, 11) is 1.36. The lowest BCUT2D eigenvalue weighted by atomic mass is 10.0. The lowest BCUT2D eigenvalue weighted by molar-refractivity contribution is 0.101. The molecular formula is C18H12F5N3O. The highest BCUT2D eigenvalue weighted by Gasteiger charge is 2.24. The van der Waals surface area contributed by atoms with Gasteiger partial charge in [0.25, 0.3) is 12.3 Å². The Kier molecular flexibility index (Phi) is 4.93. The van der Waals surface area contributed by atoms with Crippen LogP contribution in [-0.4, -0.2) is 15.7 Å². The van der Waals surface area contributed by atoms with E-state index in [1.807, 2.05) is 0 Å². The van der Waals surface area contributed by atoms with Gasteiger partial charge in [0, 0.05) is 24.9 Å². The average molecular weight is 381 g/mol. The largest absolute Gasteiger partial charge is 0.321 e. The van der Waals surface area contributed by atoms with Crippen LogP contribution >= 0.6 is 0 Å². The zero-order chi connectivity index (χ0) is 19.7. The third-order valence-corrected chi connectivity index (χ3v) is 3.75. The van der Waals surface area contributed by atoms with Crippen molar-refractivity contribution in [2.45, 2.75) is 6.43 Å². The Morgan fingerprint density at radius 2 is 1.81 bits per heavy atom. The van der Waals surface area contributed by atoms with Crippen LogP contribution in [0.4, 0.5) is 27.6 Å².